The van der Waals surface area contributed by atoms with Gasteiger partial charge >= 0.3 is 12.2 Å². The van der Waals surface area contributed by atoms with Crippen LogP contribution in [0.5, 0.6) is 0 Å². The van der Waals surface area contributed by atoms with Crippen molar-refractivity contribution in [3.05, 3.63) is 42.1 Å². The first-order chi connectivity index (χ1) is 19.5. The molecule has 1 atom stereocenters. The molecule has 2 aliphatic heterocycles. The van der Waals surface area contributed by atoms with Crippen molar-refractivity contribution >= 4 is 39.4 Å². The predicted octanol–water partition coefficient (Wildman–Crippen LogP) is 3.17. The Morgan fingerprint density at radius 3 is 2.17 bits per heavy atom. The summed E-state index contributed by atoms with van der Waals surface area (Å²) in [5.41, 5.74) is 1.29. The average molecular weight is 606 g/mol. The fraction of sp³-hybridized carbons (Fsp3) is 0.536. The van der Waals surface area contributed by atoms with Crippen molar-refractivity contribution in [3.63, 3.8) is 0 Å². The summed E-state index contributed by atoms with van der Waals surface area (Å²) in [7, 11) is -4.48. The summed E-state index contributed by atoms with van der Waals surface area (Å²) in [5, 5.41) is 2.88. The lowest BCUT2D eigenvalue weighted by Gasteiger charge is -2.31. The minimum absolute atomic E-state index is 0.0104. The number of aliphatic imine (C=N–C) groups is 1. The zero-order chi connectivity index (χ0) is 31.3. The van der Waals surface area contributed by atoms with Crippen molar-refractivity contribution in [2.75, 3.05) is 13.1 Å². The summed E-state index contributed by atoms with van der Waals surface area (Å²) in [6.07, 6.45) is 3.11. The van der Waals surface area contributed by atoms with E-state index in [2.05, 4.69) is 15.7 Å². The first-order valence-corrected chi connectivity index (χ1v) is 15.1. The van der Waals surface area contributed by atoms with Gasteiger partial charge in [0, 0.05) is 24.2 Å². The average Bonchev–Trinajstić information content (AvgIpc) is 2.90. The van der Waals surface area contributed by atoms with Gasteiger partial charge in [-0.25, -0.2) is 28.4 Å². The summed E-state index contributed by atoms with van der Waals surface area (Å²) in [4.78, 5) is 56.4. The number of hydrogen-bond donors (Lipinski definition) is 2. The van der Waals surface area contributed by atoms with E-state index >= 15 is 0 Å². The fourth-order valence-electron chi connectivity index (χ4n) is 4.05. The first kappa shape index (κ1) is 32.9. The number of carbonyl (C=O) groups is 4. The molecule has 2 aliphatic rings. The van der Waals surface area contributed by atoms with E-state index in [0.29, 0.717) is 25.9 Å². The number of nitrogens with zero attached hydrogens (tertiary/aromatic N) is 3. The molecule has 0 spiro atoms. The van der Waals surface area contributed by atoms with Crippen molar-refractivity contribution in [3.8, 4) is 0 Å². The van der Waals surface area contributed by atoms with Crippen LogP contribution >= 0.6 is 0 Å². The SMILES string of the molecule is CC(C)(C)OC(=O)N(NC1CCNCC1)C(=O)c1ccc(S(=O)(=O)C(=O)CC2C=CN=CN2C(=O)OC(C)(C)C)cc1. The van der Waals surface area contributed by atoms with Crippen molar-refractivity contribution in [2.24, 2.45) is 4.99 Å². The van der Waals surface area contributed by atoms with Gasteiger partial charge in [-0.15, -0.1) is 0 Å². The molecule has 0 saturated carbocycles. The second kappa shape index (κ2) is 13.1. The van der Waals surface area contributed by atoms with Gasteiger partial charge in [0.05, 0.1) is 10.9 Å². The number of carbonyl (C=O) groups excluding carboxylic acids is 4. The standard InChI is InChI=1S/C28H39N5O8S/c1-27(2,3)40-25(36)32-18-30-16-13-21(32)17-23(34)42(38,39)22-9-7-19(8-10-22)24(35)33(26(37)41-28(4,5)6)31-20-11-14-29-15-12-20/h7-10,13,16,18,20-21,29,31H,11-12,14-15,17H2,1-6H3. The van der Waals surface area contributed by atoms with E-state index in [0.717, 1.165) is 22.0 Å². The van der Waals surface area contributed by atoms with E-state index in [1.807, 2.05) is 0 Å². The highest BCUT2D eigenvalue weighted by molar-refractivity contribution is 8.06. The van der Waals surface area contributed by atoms with Crippen LogP contribution in [0.25, 0.3) is 0 Å². The van der Waals surface area contributed by atoms with Crippen LogP contribution in [-0.2, 0) is 24.1 Å². The molecule has 1 unspecified atom stereocenters. The highest BCUT2D eigenvalue weighted by Crippen LogP contribution is 2.21. The number of amides is 3. The van der Waals surface area contributed by atoms with Crippen LogP contribution in [0, 0.1) is 0 Å². The van der Waals surface area contributed by atoms with Gasteiger partial charge < -0.3 is 14.8 Å². The number of ether oxygens (including phenoxy) is 2. The molecular formula is C28H39N5O8S. The van der Waals surface area contributed by atoms with Crippen molar-refractivity contribution in [1.82, 2.24) is 20.7 Å². The van der Waals surface area contributed by atoms with E-state index in [9.17, 15) is 27.6 Å². The summed E-state index contributed by atoms with van der Waals surface area (Å²) in [6, 6.07) is 3.63. The van der Waals surface area contributed by atoms with Crippen molar-refractivity contribution in [2.45, 2.75) is 89.0 Å². The van der Waals surface area contributed by atoms with Gasteiger partial charge in [0.15, 0.2) is 0 Å². The lowest BCUT2D eigenvalue weighted by atomic mass is 10.1. The van der Waals surface area contributed by atoms with Gasteiger partial charge in [-0.1, -0.05) is 0 Å². The molecule has 0 bridgehead atoms. The Kier molecular flexibility index (Phi) is 10.3. The molecule has 42 heavy (non-hydrogen) atoms. The zero-order valence-corrected chi connectivity index (χ0v) is 25.6. The van der Waals surface area contributed by atoms with E-state index in [-0.39, 0.29) is 16.5 Å². The molecule has 230 valence electrons. The summed E-state index contributed by atoms with van der Waals surface area (Å²) < 4.78 is 37.0. The number of benzene rings is 1. The second-order valence-corrected chi connectivity index (χ2v) is 13.9. The van der Waals surface area contributed by atoms with E-state index in [1.54, 1.807) is 41.5 Å². The Morgan fingerprint density at radius 1 is 1.00 bits per heavy atom. The zero-order valence-electron chi connectivity index (χ0n) is 24.7. The minimum Gasteiger partial charge on any atom is -0.443 e. The lowest BCUT2D eigenvalue weighted by Crippen LogP contribution is -2.55. The molecule has 1 aromatic rings. The largest absolute Gasteiger partial charge is 0.443 e. The Balaban J connectivity index is 1.76. The second-order valence-electron chi connectivity index (χ2n) is 11.9. The van der Waals surface area contributed by atoms with Crippen molar-refractivity contribution in [1.29, 1.82) is 0 Å². The van der Waals surface area contributed by atoms with Crippen LogP contribution in [0.4, 0.5) is 9.59 Å². The Hall–Kier alpha value is -3.62. The summed E-state index contributed by atoms with van der Waals surface area (Å²) in [6.45, 7) is 11.5. The third kappa shape index (κ3) is 8.94. The lowest BCUT2D eigenvalue weighted by molar-refractivity contribution is -0.112. The summed E-state index contributed by atoms with van der Waals surface area (Å²) in [5.74, 6) is -0.738. The van der Waals surface area contributed by atoms with E-state index in [4.69, 9.17) is 9.47 Å². The number of sulfone groups is 1. The molecule has 13 nitrogen and oxygen atoms in total. The maximum Gasteiger partial charge on any atom is 0.432 e. The Morgan fingerprint density at radius 2 is 1.60 bits per heavy atom. The number of rotatable bonds is 6. The molecule has 3 amide bonds. The number of piperidine rings is 1. The van der Waals surface area contributed by atoms with Crippen LogP contribution in [-0.4, -0.2) is 84.2 Å². The third-order valence-corrected chi connectivity index (χ3v) is 7.72. The molecule has 14 heteroatoms. The van der Waals surface area contributed by atoms with Crippen molar-refractivity contribution < 1.29 is 37.1 Å². The van der Waals surface area contributed by atoms with Gasteiger partial charge in [0.1, 0.15) is 17.5 Å². The molecule has 2 heterocycles. The molecular weight excluding hydrogens is 566 g/mol. The van der Waals surface area contributed by atoms with Crippen LogP contribution in [0.1, 0.15) is 71.2 Å². The fourth-order valence-corrected chi connectivity index (χ4v) is 5.20. The van der Waals surface area contributed by atoms with Gasteiger partial charge in [0.25, 0.3) is 11.0 Å². The number of hydrazine groups is 1. The molecule has 1 aromatic carbocycles. The maximum atomic E-state index is 13.4. The van der Waals surface area contributed by atoms with Crippen LogP contribution in [0.15, 0.2) is 46.4 Å². The normalized spacial score (nSPS) is 18.0. The van der Waals surface area contributed by atoms with Gasteiger partial charge in [-0.05, 0) is 97.8 Å². The van der Waals surface area contributed by atoms with E-state index in [1.165, 1.54) is 30.7 Å². The molecule has 0 aromatic heterocycles. The van der Waals surface area contributed by atoms with Crippen LogP contribution < -0.4 is 10.7 Å². The Bertz CT molecular complexity index is 1340. The number of nitrogens with one attached hydrogen (secondary N) is 2. The smallest absolute Gasteiger partial charge is 0.432 e. The molecule has 2 N–H and O–H groups in total. The Labute approximate surface area is 246 Å². The number of hydrogen-bond acceptors (Lipinski definition) is 11. The highest BCUT2D eigenvalue weighted by atomic mass is 32.2. The molecule has 0 aliphatic carbocycles. The van der Waals surface area contributed by atoms with Gasteiger partial charge in [-0.2, -0.15) is 5.01 Å². The minimum atomic E-state index is -4.48. The summed E-state index contributed by atoms with van der Waals surface area (Å²) >= 11 is 0. The molecule has 0 radical (unpaired) electrons. The van der Waals surface area contributed by atoms with Gasteiger partial charge in [-0.3, -0.25) is 14.5 Å². The molecule has 3 rings (SSSR count). The van der Waals surface area contributed by atoms with Crippen LogP contribution in [0.2, 0.25) is 0 Å². The number of imide groups is 1. The monoisotopic (exact) mass is 605 g/mol. The maximum absolute atomic E-state index is 13.4. The molecule has 1 saturated heterocycles. The topological polar surface area (TPSA) is 164 Å². The van der Waals surface area contributed by atoms with E-state index < -0.39 is 56.7 Å². The van der Waals surface area contributed by atoms with Crippen LogP contribution in [0.3, 0.4) is 0 Å². The van der Waals surface area contributed by atoms with Gasteiger partial charge in [0.2, 0.25) is 9.84 Å². The highest BCUT2D eigenvalue weighted by Gasteiger charge is 2.34. The quantitative estimate of drug-likeness (QED) is 0.460. The molecule has 1 fully saturated rings. The third-order valence-electron chi connectivity index (χ3n) is 6.06. The predicted molar refractivity (Wildman–Crippen MR) is 154 cm³/mol. The first-order valence-electron chi connectivity index (χ1n) is 13.6.